The minimum atomic E-state index is 0.889. The van der Waals surface area contributed by atoms with Gasteiger partial charge in [-0.05, 0) is 70.5 Å². The maximum Gasteiger partial charge on any atom is 0.148 e. The fourth-order valence-electron chi connectivity index (χ4n) is 4.65. The minimum absolute atomic E-state index is 0.889. The number of nitrogens with zero attached hydrogens (tertiary/aromatic N) is 4. The topological polar surface area (TPSA) is 57.7 Å². The number of hydrogen-bond acceptors (Lipinski definition) is 4. The van der Waals surface area contributed by atoms with E-state index in [0.717, 1.165) is 51.1 Å². The fourth-order valence-corrected chi connectivity index (χ4v) is 4.65. The number of aromatic amines is 1. The first-order chi connectivity index (χ1) is 14.9. The van der Waals surface area contributed by atoms with Crippen LogP contribution in [0.15, 0.2) is 54.1 Å². The van der Waals surface area contributed by atoms with E-state index in [9.17, 15) is 0 Å². The Labute approximate surface area is 177 Å². The molecule has 1 saturated heterocycles. The SMILES string of the molecule is C1=Cc2ccccc2C(=C2CCN(CCCCc3nnn[nH]3)CC2)c2ccccc21. The Morgan fingerprint density at radius 1 is 0.833 bits per heavy atom. The number of aryl methyl sites for hydroxylation is 1. The number of benzene rings is 2. The number of rotatable bonds is 5. The number of fused-ring (bicyclic) bond motifs is 2. The molecule has 0 unspecified atom stereocenters. The van der Waals surface area contributed by atoms with Crippen LogP contribution in [0.4, 0.5) is 0 Å². The molecule has 152 valence electrons. The van der Waals surface area contributed by atoms with Gasteiger partial charge in [0.25, 0.3) is 0 Å². The van der Waals surface area contributed by atoms with Gasteiger partial charge in [0, 0.05) is 19.5 Å². The Hall–Kier alpha value is -3.05. The summed E-state index contributed by atoms with van der Waals surface area (Å²) in [5.74, 6) is 0.889. The third kappa shape index (κ3) is 3.98. The largest absolute Gasteiger partial charge is 0.303 e. The molecule has 5 rings (SSSR count). The van der Waals surface area contributed by atoms with Gasteiger partial charge in [0.15, 0.2) is 0 Å². The molecule has 1 fully saturated rings. The van der Waals surface area contributed by atoms with E-state index in [0.29, 0.717) is 0 Å². The third-order valence-corrected chi connectivity index (χ3v) is 6.24. The molecule has 2 aromatic carbocycles. The molecule has 2 aliphatic rings. The quantitative estimate of drug-likeness (QED) is 0.500. The third-order valence-electron chi connectivity index (χ3n) is 6.24. The first kappa shape index (κ1) is 18.9. The van der Waals surface area contributed by atoms with E-state index in [2.05, 4.69) is 86.2 Å². The van der Waals surface area contributed by atoms with Crippen LogP contribution in [0.1, 0.15) is 53.8 Å². The second-order valence-electron chi connectivity index (χ2n) is 8.13. The summed E-state index contributed by atoms with van der Waals surface area (Å²) in [6.45, 7) is 3.43. The summed E-state index contributed by atoms with van der Waals surface area (Å²) in [7, 11) is 0. The van der Waals surface area contributed by atoms with Crippen molar-refractivity contribution < 1.29 is 0 Å². The maximum atomic E-state index is 3.97. The summed E-state index contributed by atoms with van der Waals surface area (Å²) >= 11 is 0. The minimum Gasteiger partial charge on any atom is -0.303 e. The normalized spacial score (nSPS) is 16.3. The van der Waals surface area contributed by atoms with E-state index in [1.54, 1.807) is 5.57 Å². The average Bonchev–Trinajstić information content (AvgIpc) is 3.25. The van der Waals surface area contributed by atoms with E-state index in [1.807, 2.05) is 0 Å². The second kappa shape index (κ2) is 8.76. The van der Waals surface area contributed by atoms with Gasteiger partial charge < -0.3 is 4.90 Å². The lowest BCUT2D eigenvalue weighted by atomic mass is 9.86. The molecule has 0 amide bonds. The number of piperidine rings is 1. The van der Waals surface area contributed by atoms with E-state index in [1.165, 1.54) is 34.2 Å². The highest BCUT2D eigenvalue weighted by atomic mass is 15.5. The van der Waals surface area contributed by atoms with Crippen LogP contribution in [0.25, 0.3) is 17.7 Å². The lowest BCUT2D eigenvalue weighted by molar-refractivity contribution is 0.252. The van der Waals surface area contributed by atoms with Gasteiger partial charge in [-0.1, -0.05) is 66.3 Å². The predicted octanol–water partition coefficient (Wildman–Crippen LogP) is 4.60. The van der Waals surface area contributed by atoms with Crippen molar-refractivity contribution in [1.82, 2.24) is 25.5 Å². The van der Waals surface area contributed by atoms with Crippen molar-refractivity contribution in [3.8, 4) is 0 Å². The van der Waals surface area contributed by atoms with Gasteiger partial charge in [-0.3, -0.25) is 0 Å². The lowest BCUT2D eigenvalue weighted by Gasteiger charge is -2.30. The van der Waals surface area contributed by atoms with Gasteiger partial charge in [0.1, 0.15) is 5.82 Å². The summed E-state index contributed by atoms with van der Waals surface area (Å²) in [5.41, 5.74) is 8.46. The highest BCUT2D eigenvalue weighted by Crippen LogP contribution is 2.38. The Kier molecular flexibility index (Phi) is 5.53. The van der Waals surface area contributed by atoms with Gasteiger partial charge in [-0.15, -0.1) is 5.10 Å². The first-order valence-corrected chi connectivity index (χ1v) is 10.9. The van der Waals surface area contributed by atoms with Crippen molar-refractivity contribution in [2.45, 2.75) is 32.1 Å². The first-order valence-electron chi connectivity index (χ1n) is 10.9. The summed E-state index contributed by atoms with van der Waals surface area (Å²) in [4.78, 5) is 2.61. The summed E-state index contributed by atoms with van der Waals surface area (Å²) < 4.78 is 0. The van der Waals surface area contributed by atoms with E-state index in [4.69, 9.17) is 0 Å². The van der Waals surface area contributed by atoms with Crippen LogP contribution >= 0.6 is 0 Å². The molecule has 5 nitrogen and oxygen atoms in total. The highest BCUT2D eigenvalue weighted by molar-refractivity contribution is 5.94. The van der Waals surface area contributed by atoms with Crippen molar-refractivity contribution in [1.29, 1.82) is 0 Å². The van der Waals surface area contributed by atoms with Gasteiger partial charge >= 0.3 is 0 Å². The highest BCUT2D eigenvalue weighted by Gasteiger charge is 2.22. The number of H-pyrrole nitrogens is 1. The molecule has 0 saturated carbocycles. The van der Waals surface area contributed by atoms with Crippen molar-refractivity contribution >= 4 is 17.7 Å². The van der Waals surface area contributed by atoms with E-state index in [-0.39, 0.29) is 0 Å². The van der Waals surface area contributed by atoms with Crippen molar-refractivity contribution in [2.75, 3.05) is 19.6 Å². The van der Waals surface area contributed by atoms with Crippen molar-refractivity contribution in [3.63, 3.8) is 0 Å². The van der Waals surface area contributed by atoms with Crippen LogP contribution in [0.3, 0.4) is 0 Å². The molecule has 2 heterocycles. The molecule has 1 aliphatic heterocycles. The van der Waals surface area contributed by atoms with Crippen LogP contribution in [0.5, 0.6) is 0 Å². The molecule has 0 bridgehead atoms. The summed E-state index contributed by atoms with van der Waals surface area (Å²) in [5, 5.41) is 14.1. The molecular weight excluding hydrogens is 370 g/mol. The number of aromatic nitrogens is 4. The van der Waals surface area contributed by atoms with Gasteiger partial charge in [-0.25, -0.2) is 5.10 Å². The molecular formula is C25H27N5. The monoisotopic (exact) mass is 397 g/mol. The smallest absolute Gasteiger partial charge is 0.148 e. The van der Waals surface area contributed by atoms with E-state index < -0.39 is 0 Å². The van der Waals surface area contributed by atoms with Crippen LogP contribution in [0.2, 0.25) is 0 Å². The standard InChI is InChI=1S/C25H27N5/c1-3-9-22-19(7-1)12-13-20-8-2-4-10-23(20)25(22)21-14-17-30(18-15-21)16-6-5-11-24-26-28-29-27-24/h1-4,7-10,12-13H,5-6,11,14-18H2,(H,26,27,28,29). The Balaban J connectivity index is 1.31. The average molecular weight is 398 g/mol. The van der Waals surface area contributed by atoms with Crippen LogP contribution in [-0.4, -0.2) is 45.2 Å². The number of likely N-dealkylation sites (tertiary alicyclic amines) is 1. The Morgan fingerprint density at radius 3 is 2.13 bits per heavy atom. The zero-order valence-corrected chi connectivity index (χ0v) is 17.2. The molecule has 1 N–H and O–H groups in total. The number of nitrogens with one attached hydrogen (secondary N) is 1. The number of hydrogen-bond donors (Lipinski definition) is 1. The molecule has 0 atom stereocenters. The molecule has 1 aliphatic carbocycles. The van der Waals surface area contributed by atoms with Gasteiger partial charge in [-0.2, -0.15) is 0 Å². The van der Waals surface area contributed by atoms with Crippen LogP contribution < -0.4 is 0 Å². The number of tetrazole rings is 1. The van der Waals surface area contributed by atoms with E-state index >= 15 is 0 Å². The molecule has 30 heavy (non-hydrogen) atoms. The maximum absolute atomic E-state index is 3.97. The van der Waals surface area contributed by atoms with Crippen molar-refractivity contribution in [2.24, 2.45) is 0 Å². The van der Waals surface area contributed by atoms with Crippen LogP contribution in [0, 0.1) is 0 Å². The molecule has 1 aromatic heterocycles. The van der Waals surface area contributed by atoms with Crippen LogP contribution in [-0.2, 0) is 6.42 Å². The molecule has 0 spiro atoms. The fraction of sp³-hybridized carbons (Fsp3) is 0.320. The van der Waals surface area contributed by atoms with Gasteiger partial charge in [0.05, 0.1) is 0 Å². The van der Waals surface area contributed by atoms with Crippen molar-refractivity contribution in [3.05, 3.63) is 82.2 Å². The Morgan fingerprint density at radius 2 is 1.50 bits per heavy atom. The molecule has 0 radical (unpaired) electrons. The van der Waals surface area contributed by atoms with Gasteiger partial charge in [0.2, 0.25) is 0 Å². The molecule has 5 heteroatoms. The lowest BCUT2D eigenvalue weighted by Crippen LogP contribution is -2.32. The zero-order chi connectivity index (χ0) is 20.2. The zero-order valence-electron chi connectivity index (χ0n) is 17.2. The molecule has 3 aromatic rings. The Bertz CT molecular complexity index is 1000. The summed E-state index contributed by atoms with van der Waals surface area (Å²) in [6, 6.07) is 17.6. The number of unbranched alkanes of at least 4 members (excludes halogenated alkanes) is 1. The predicted molar refractivity (Wildman–Crippen MR) is 121 cm³/mol. The summed E-state index contributed by atoms with van der Waals surface area (Å²) in [6.07, 6.45) is 10.0. The second-order valence-corrected chi connectivity index (χ2v) is 8.13.